The molecule has 78 valence electrons. The van der Waals surface area contributed by atoms with Crippen molar-refractivity contribution in [2.75, 3.05) is 0 Å². The Labute approximate surface area is 83.8 Å². The fraction of sp³-hybridized carbons (Fsp3) is 0.818. The van der Waals surface area contributed by atoms with E-state index < -0.39 is 6.10 Å². The average Bonchev–Trinajstić information content (AvgIpc) is 2.06. The number of esters is 1. The van der Waals surface area contributed by atoms with Gasteiger partial charge in [0.05, 0.1) is 0 Å². The second kappa shape index (κ2) is 2.81. The van der Waals surface area contributed by atoms with Crippen LogP contribution < -0.4 is 0 Å². The zero-order chi connectivity index (χ0) is 10.5. The lowest BCUT2D eigenvalue weighted by molar-refractivity contribution is -0.178. The molecule has 3 rings (SSSR count). The van der Waals surface area contributed by atoms with Gasteiger partial charge in [0.15, 0.2) is 11.9 Å². The molecule has 3 saturated carbocycles. The molecule has 0 radical (unpaired) electrons. The van der Waals surface area contributed by atoms with Crippen molar-refractivity contribution in [3.05, 3.63) is 0 Å². The molecule has 0 N–H and O–H groups in total. The summed E-state index contributed by atoms with van der Waals surface area (Å²) in [5.74, 6) is 0.454. The summed E-state index contributed by atoms with van der Waals surface area (Å²) in [5, 5.41) is 0. The van der Waals surface area contributed by atoms with Crippen LogP contribution in [0.4, 0.5) is 0 Å². The van der Waals surface area contributed by atoms with Crippen molar-refractivity contribution in [3.8, 4) is 0 Å². The minimum atomic E-state index is -0.454. The van der Waals surface area contributed by atoms with Crippen molar-refractivity contribution >= 4 is 11.8 Å². The predicted octanol–water partition coefficient (Wildman–Crippen LogP) is 1.55. The normalized spacial score (nSPS) is 38.8. The van der Waals surface area contributed by atoms with E-state index in [0.29, 0.717) is 5.92 Å². The number of Topliss-reactive ketones (excluding diaryl/α,β-unsaturated/α-hetero) is 1. The second-order valence-electron chi connectivity index (χ2n) is 5.04. The maximum atomic E-state index is 11.8. The second-order valence-corrected chi connectivity index (χ2v) is 5.04. The van der Waals surface area contributed by atoms with Crippen molar-refractivity contribution in [1.82, 2.24) is 0 Å². The van der Waals surface area contributed by atoms with Gasteiger partial charge in [-0.05, 0) is 24.2 Å². The van der Waals surface area contributed by atoms with E-state index in [4.69, 9.17) is 4.74 Å². The van der Waals surface area contributed by atoms with Crippen LogP contribution in [-0.2, 0) is 14.3 Å². The lowest BCUT2D eigenvalue weighted by Crippen LogP contribution is -2.58. The van der Waals surface area contributed by atoms with Crippen LogP contribution in [0.2, 0.25) is 0 Å². The van der Waals surface area contributed by atoms with Gasteiger partial charge in [0.25, 0.3) is 0 Å². The summed E-state index contributed by atoms with van der Waals surface area (Å²) in [6, 6.07) is 0. The first-order valence-electron chi connectivity index (χ1n) is 5.14. The van der Waals surface area contributed by atoms with Crippen LogP contribution in [0, 0.1) is 17.3 Å². The highest BCUT2D eigenvalue weighted by Gasteiger charge is 2.58. The quantitative estimate of drug-likeness (QED) is 0.598. The summed E-state index contributed by atoms with van der Waals surface area (Å²) in [6.45, 7) is 5.63. The Hall–Kier alpha value is -0.860. The van der Waals surface area contributed by atoms with Crippen LogP contribution in [0.1, 0.15) is 33.6 Å². The smallest absolute Gasteiger partial charge is 0.303 e. The molecule has 0 amide bonds. The Morgan fingerprint density at radius 3 is 2.50 bits per heavy atom. The Kier molecular flexibility index (Phi) is 1.95. The zero-order valence-electron chi connectivity index (χ0n) is 8.87. The Balaban J connectivity index is 2.08. The van der Waals surface area contributed by atoms with Crippen molar-refractivity contribution in [2.24, 2.45) is 17.3 Å². The molecule has 0 aromatic rings. The van der Waals surface area contributed by atoms with E-state index in [0.717, 1.165) is 12.8 Å². The first-order valence-corrected chi connectivity index (χ1v) is 5.14. The van der Waals surface area contributed by atoms with Crippen LogP contribution in [0.15, 0.2) is 0 Å². The molecule has 0 aliphatic heterocycles. The van der Waals surface area contributed by atoms with Gasteiger partial charge in [-0.15, -0.1) is 0 Å². The molecule has 3 fully saturated rings. The third kappa shape index (κ3) is 1.18. The van der Waals surface area contributed by atoms with E-state index in [2.05, 4.69) is 13.8 Å². The summed E-state index contributed by atoms with van der Waals surface area (Å²) in [7, 11) is 0. The number of ketones is 1. The molecule has 0 saturated heterocycles. The summed E-state index contributed by atoms with van der Waals surface area (Å²) in [6.07, 6.45) is 1.26. The monoisotopic (exact) mass is 196 g/mol. The molecular formula is C11H16O3. The lowest BCUT2D eigenvalue weighted by Gasteiger charge is -2.56. The molecular weight excluding hydrogens is 180 g/mol. The van der Waals surface area contributed by atoms with Gasteiger partial charge in [-0.3, -0.25) is 9.59 Å². The van der Waals surface area contributed by atoms with E-state index in [1.165, 1.54) is 6.92 Å². The number of rotatable bonds is 1. The third-order valence-corrected chi connectivity index (χ3v) is 3.94. The first kappa shape index (κ1) is 9.69. The number of ether oxygens (including phenoxy) is 1. The molecule has 0 unspecified atom stereocenters. The lowest BCUT2D eigenvalue weighted by atomic mass is 9.48. The number of carbonyl (C=O) groups is 2. The van der Waals surface area contributed by atoms with Crippen LogP contribution in [0.5, 0.6) is 0 Å². The Bertz CT molecular complexity index is 293. The molecule has 3 aliphatic carbocycles. The number of fused-ring (bicyclic) bond motifs is 2. The van der Waals surface area contributed by atoms with Crippen LogP contribution in [0.25, 0.3) is 0 Å². The van der Waals surface area contributed by atoms with E-state index in [1.54, 1.807) is 0 Å². The topological polar surface area (TPSA) is 43.4 Å². The minimum Gasteiger partial charge on any atom is -0.455 e. The van der Waals surface area contributed by atoms with Gasteiger partial charge in [-0.2, -0.15) is 0 Å². The highest BCUT2D eigenvalue weighted by Crippen LogP contribution is 2.57. The number of hydrogen-bond donors (Lipinski definition) is 0. The molecule has 3 nitrogen and oxygen atoms in total. The molecule has 0 spiro atoms. The maximum absolute atomic E-state index is 11.8. The highest BCUT2D eigenvalue weighted by molar-refractivity contribution is 5.90. The third-order valence-electron chi connectivity index (χ3n) is 3.94. The van der Waals surface area contributed by atoms with E-state index in [1.807, 2.05) is 0 Å². The van der Waals surface area contributed by atoms with Gasteiger partial charge in [0, 0.05) is 12.8 Å². The molecule has 0 heterocycles. The standard InChI is InChI=1S/C11H16O3/c1-6(12)14-9-5-7-4-8(10(9)13)11(7,2)3/h7-9H,4-5H2,1-3H3/t7-,8-,9+/m0/s1. The van der Waals surface area contributed by atoms with Crippen LogP contribution >= 0.6 is 0 Å². The largest absolute Gasteiger partial charge is 0.455 e. The van der Waals surface area contributed by atoms with Crippen molar-refractivity contribution in [2.45, 2.75) is 39.7 Å². The fourth-order valence-electron chi connectivity index (χ4n) is 2.80. The summed E-state index contributed by atoms with van der Waals surface area (Å²) >= 11 is 0. The van der Waals surface area contributed by atoms with Gasteiger partial charge in [0.2, 0.25) is 0 Å². The van der Waals surface area contributed by atoms with Crippen LogP contribution in [0.3, 0.4) is 0 Å². The molecule has 2 bridgehead atoms. The number of hydrogen-bond acceptors (Lipinski definition) is 3. The summed E-state index contributed by atoms with van der Waals surface area (Å²) < 4.78 is 5.01. The summed E-state index contributed by atoms with van der Waals surface area (Å²) in [4.78, 5) is 22.6. The Morgan fingerprint density at radius 2 is 2.07 bits per heavy atom. The molecule has 0 aromatic heterocycles. The molecule has 3 aliphatic rings. The van der Waals surface area contributed by atoms with Gasteiger partial charge in [-0.1, -0.05) is 13.8 Å². The molecule has 3 atom stereocenters. The van der Waals surface area contributed by atoms with Crippen molar-refractivity contribution in [1.29, 1.82) is 0 Å². The summed E-state index contributed by atoms with van der Waals surface area (Å²) in [5.41, 5.74) is 0.133. The van der Waals surface area contributed by atoms with E-state index in [9.17, 15) is 9.59 Å². The van der Waals surface area contributed by atoms with Gasteiger partial charge in [-0.25, -0.2) is 0 Å². The van der Waals surface area contributed by atoms with E-state index >= 15 is 0 Å². The van der Waals surface area contributed by atoms with E-state index in [-0.39, 0.29) is 23.1 Å². The van der Waals surface area contributed by atoms with Gasteiger partial charge in [0.1, 0.15) is 0 Å². The molecule has 0 aromatic carbocycles. The van der Waals surface area contributed by atoms with Gasteiger partial charge >= 0.3 is 5.97 Å². The van der Waals surface area contributed by atoms with Crippen LogP contribution in [-0.4, -0.2) is 17.9 Å². The first-order chi connectivity index (χ1) is 6.43. The zero-order valence-corrected chi connectivity index (χ0v) is 8.87. The predicted molar refractivity (Wildman–Crippen MR) is 50.6 cm³/mol. The molecule has 14 heavy (non-hydrogen) atoms. The highest BCUT2D eigenvalue weighted by atomic mass is 16.5. The fourth-order valence-corrected chi connectivity index (χ4v) is 2.80. The van der Waals surface area contributed by atoms with Crippen molar-refractivity contribution in [3.63, 3.8) is 0 Å². The minimum absolute atomic E-state index is 0.116. The number of carbonyl (C=O) groups excluding carboxylic acids is 2. The van der Waals surface area contributed by atoms with Crippen molar-refractivity contribution < 1.29 is 14.3 Å². The van der Waals surface area contributed by atoms with Gasteiger partial charge < -0.3 is 4.74 Å². The molecule has 3 heteroatoms. The Morgan fingerprint density at radius 1 is 1.43 bits per heavy atom. The maximum Gasteiger partial charge on any atom is 0.303 e. The average molecular weight is 196 g/mol. The SMILES string of the molecule is CC(=O)O[C@@H]1C[C@@H]2C[C@@H](C1=O)C2(C)C.